The molecule has 0 aliphatic carbocycles. The van der Waals surface area contributed by atoms with E-state index in [1.54, 1.807) is 0 Å². The Labute approximate surface area is 133 Å². The summed E-state index contributed by atoms with van der Waals surface area (Å²) in [7, 11) is 0. The lowest BCUT2D eigenvalue weighted by atomic mass is 9.82. The van der Waals surface area contributed by atoms with Crippen LogP contribution in [-0.2, 0) is 0 Å². The molecule has 0 amide bonds. The molecular formula is C19H29NS. The summed E-state index contributed by atoms with van der Waals surface area (Å²) < 4.78 is 1.45. The van der Waals surface area contributed by atoms with Crippen LogP contribution in [0.3, 0.4) is 0 Å². The van der Waals surface area contributed by atoms with Gasteiger partial charge in [-0.15, -0.1) is 11.3 Å². The van der Waals surface area contributed by atoms with E-state index >= 15 is 0 Å². The first-order chi connectivity index (χ1) is 9.90. The van der Waals surface area contributed by atoms with Crippen LogP contribution < -0.4 is 5.32 Å². The highest BCUT2D eigenvalue weighted by Gasteiger charge is 2.21. The van der Waals surface area contributed by atoms with Crippen molar-refractivity contribution in [3.63, 3.8) is 0 Å². The Balaban J connectivity index is 2.20. The molecule has 116 valence electrons. The first-order valence-corrected chi connectivity index (χ1v) is 8.98. The maximum atomic E-state index is 3.70. The lowest BCUT2D eigenvalue weighted by molar-refractivity contribution is 0.277. The molecule has 1 aromatic carbocycles. The smallest absolute Gasteiger partial charge is 0.0390 e. The van der Waals surface area contributed by atoms with Crippen molar-refractivity contribution in [3.05, 3.63) is 35.2 Å². The number of fused-ring (bicyclic) bond motifs is 1. The lowest BCUT2D eigenvalue weighted by Gasteiger charge is -2.27. The fraction of sp³-hybridized carbons (Fsp3) is 0.579. The fourth-order valence-corrected chi connectivity index (χ4v) is 4.36. The highest BCUT2D eigenvalue weighted by Crippen LogP contribution is 2.34. The van der Waals surface area contributed by atoms with Gasteiger partial charge in [0.15, 0.2) is 0 Å². The molecule has 0 aliphatic rings. The molecular weight excluding hydrogens is 274 g/mol. The molecule has 0 saturated carbocycles. The summed E-state index contributed by atoms with van der Waals surface area (Å²) in [5.41, 5.74) is 1.88. The van der Waals surface area contributed by atoms with Crippen molar-refractivity contribution in [2.24, 2.45) is 11.3 Å². The second-order valence-electron chi connectivity index (χ2n) is 7.40. The van der Waals surface area contributed by atoms with Crippen LogP contribution in [0.25, 0.3) is 10.1 Å². The molecule has 1 nitrogen and oxygen atoms in total. The Hall–Kier alpha value is -0.860. The van der Waals surface area contributed by atoms with Crippen molar-refractivity contribution >= 4 is 21.4 Å². The molecule has 21 heavy (non-hydrogen) atoms. The molecule has 2 aromatic rings. The van der Waals surface area contributed by atoms with Gasteiger partial charge in [-0.3, -0.25) is 0 Å². The van der Waals surface area contributed by atoms with E-state index < -0.39 is 0 Å². The van der Waals surface area contributed by atoms with Gasteiger partial charge in [-0.05, 0) is 53.1 Å². The zero-order valence-corrected chi connectivity index (χ0v) is 14.9. The minimum atomic E-state index is 0.408. The number of benzene rings is 1. The quantitative estimate of drug-likeness (QED) is 0.688. The monoisotopic (exact) mass is 303 g/mol. The van der Waals surface area contributed by atoms with E-state index in [0.29, 0.717) is 11.5 Å². The molecule has 0 fully saturated rings. The van der Waals surface area contributed by atoms with Crippen molar-refractivity contribution < 1.29 is 0 Å². The standard InChI is InChI=1S/C19H29NS/c1-6-20-17(12-14(2)13-19(3,4)5)16-9-7-8-15-10-11-21-18(15)16/h7-11,14,17,20H,6,12-13H2,1-5H3. The highest BCUT2D eigenvalue weighted by atomic mass is 32.1. The Morgan fingerprint density at radius 2 is 1.95 bits per heavy atom. The molecule has 0 aliphatic heterocycles. The predicted molar refractivity (Wildman–Crippen MR) is 96.1 cm³/mol. The summed E-state index contributed by atoms with van der Waals surface area (Å²) in [6, 6.07) is 9.41. The average Bonchev–Trinajstić information content (AvgIpc) is 2.83. The fourth-order valence-electron chi connectivity index (χ4n) is 3.39. The predicted octanol–water partition coefficient (Wildman–Crippen LogP) is 6.01. The van der Waals surface area contributed by atoms with Crippen molar-refractivity contribution in [1.29, 1.82) is 0 Å². The van der Waals surface area contributed by atoms with Crippen LogP contribution in [0, 0.1) is 11.3 Å². The molecule has 1 N–H and O–H groups in total. The molecule has 1 heterocycles. The summed E-state index contributed by atoms with van der Waals surface area (Å²) in [4.78, 5) is 0. The first-order valence-electron chi connectivity index (χ1n) is 8.10. The molecule has 0 radical (unpaired) electrons. The van der Waals surface area contributed by atoms with Gasteiger partial charge in [-0.1, -0.05) is 52.8 Å². The Morgan fingerprint density at radius 1 is 1.19 bits per heavy atom. The number of hydrogen-bond donors (Lipinski definition) is 1. The van der Waals surface area contributed by atoms with Crippen LogP contribution in [0.4, 0.5) is 0 Å². The van der Waals surface area contributed by atoms with E-state index in [1.165, 1.54) is 28.5 Å². The molecule has 0 spiro atoms. The van der Waals surface area contributed by atoms with Crippen molar-refractivity contribution in [2.75, 3.05) is 6.54 Å². The molecule has 0 saturated heterocycles. The topological polar surface area (TPSA) is 12.0 Å². The molecule has 2 atom stereocenters. The van der Waals surface area contributed by atoms with E-state index in [2.05, 4.69) is 69.6 Å². The van der Waals surface area contributed by atoms with Gasteiger partial charge in [0.05, 0.1) is 0 Å². The van der Waals surface area contributed by atoms with Crippen molar-refractivity contribution in [2.45, 2.75) is 53.5 Å². The van der Waals surface area contributed by atoms with E-state index in [-0.39, 0.29) is 0 Å². The summed E-state index contributed by atoms with van der Waals surface area (Å²) in [5, 5.41) is 7.29. The third-order valence-electron chi connectivity index (χ3n) is 3.93. The van der Waals surface area contributed by atoms with Crippen LogP contribution >= 0.6 is 11.3 Å². The first kappa shape index (κ1) is 16.5. The third-order valence-corrected chi connectivity index (χ3v) is 4.91. The van der Waals surface area contributed by atoms with Crippen LogP contribution in [0.15, 0.2) is 29.6 Å². The average molecular weight is 304 g/mol. The van der Waals surface area contributed by atoms with Crippen molar-refractivity contribution in [1.82, 2.24) is 5.32 Å². The zero-order valence-electron chi connectivity index (χ0n) is 14.1. The largest absolute Gasteiger partial charge is 0.310 e. The van der Waals surface area contributed by atoms with Gasteiger partial charge in [-0.25, -0.2) is 0 Å². The molecule has 2 heteroatoms. The van der Waals surface area contributed by atoms with Crippen molar-refractivity contribution in [3.8, 4) is 0 Å². The van der Waals surface area contributed by atoms with E-state index in [1.807, 2.05) is 11.3 Å². The minimum Gasteiger partial charge on any atom is -0.310 e. The van der Waals surface area contributed by atoms with Gasteiger partial charge < -0.3 is 5.32 Å². The van der Waals surface area contributed by atoms with Gasteiger partial charge in [0, 0.05) is 10.7 Å². The maximum absolute atomic E-state index is 3.70. The van der Waals surface area contributed by atoms with Gasteiger partial charge in [-0.2, -0.15) is 0 Å². The second-order valence-corrected chi connectivity index (χ2v) is 8.32. The van der Waals surface area contributed by atoms with Gasteiger partial charge in [0.25, 0.3) is 0 Å². The van der Waals surface area contributed by atoms with Gasteiger partial charge >= 0.3 is 0 Å². The summed E-state index contributed by atoms with van der Waals surface area (Å²) in [5.74, 6) is 0.726. The second kappa shape index (κ2) is 6.93. The number of hydrogen-bond acceptors (Lipinski definition) is 2. The summed E-state index contributed by atoms with van der Waals surface area (Å²) >= 11 is 1.87. The molecule has 0 bridgehead atoms. The Morgan fingerprint density at radius 3 is 2.62 bits per heavy atom. The summed E-state index contributed by atoms with van der Waals surface area (Å²) in [6.07, 6.45) is 2.48. The summed E-state index contributed by atoms with van der Waals surface area (Å²) in [6.45, 7) is 12.6. The lowest BCUT2D eigenvalue weighted by Crippen LogP contribution is -2.24. The molecule has 2 unspecified atom stereocenters. The molecule has 1 aromatic heterocycles. The Kier molecular flexibility index (Phi) is 5.45. The normalized spacial score (nSPS) is 15.3. The molecule has 2 rings (SSSR count). The van der Waals surface area contributed by atoms with Crippen LogP contribution in [0.5, 0.6) is 0 Å². The Bertz CT molecular complexity index is 564. The van der Waals surface area contributed by atoms with Crippen LogP contribution in [0.2, 0.25) is 0 Å². The number of nitrogens with one attached hydrogen (secondary N) is 1. The number of thiophene rings is 1. The third kappa shape index (κ3) is 4.55. The van der Waals surface area contributed by atoms with Gasteiger partial charge in [0.2, 0.25) is 0 Å². The number of rotatable bonds is 6. The minimum absolute atomic E-state index is 0.408. The van der Waals surface area contributed by atoms with E-state index in [9.17, 15) is 0 Å². The highest BCUT2D eigenvalue weighted by molar-refractivity contribution is 7.17. The van der Waals surface area contributed by atoms with Crippen LogP contribution in [-0.4, -0.2) is 6.54 Å². The van der Waals surface area contributed by atoms with Crippen LogP contribution in [0.1, 0.15) is 59.1 Å². The van der Waals surface area contributed by atoms with Gasteiger partial charge in [0.1, 0.15) is 0 Å². The van der Waals surface area contributed by atoms with E-state index in [0.717, 1.165) is 12.5 Å². The maximum Gasteiger partial charge on any atom is 0.0390 e. The zero-order chi connectivity index (χ0) is 15.5. The van der Waals surface area contributed by atoms with E-state index in [4.69, 9.17) is 0 Å². The SMILES string of the molecule is CCNC(CC(C)CC(C)(C)C)c1cccc2ccsc12.